The van der Waals surface area contributed by atoms with Gasteiger partial charge in [0.15, 0.2) is 5.65 Å². The molecule has 0 fully saturated rings. The summed E-state index contributed by atoms with van der Waals surface area (Å²) in [6.45, 7) is 2.07. The quantitative estimate of drug-likeness (QED) is 0.897. The van der Waals surface area contributed by atoms with Crippen molar-refractivity contribution in [1.82, 2.24) is 15.0 Å². The molecule has 21 heavy (non-hydrogen) atoms. The minimum Gasteiger partial charge on any atom is -0.337 e. The highest BCUT2D eigenvalue weighted by molar-refractivity contribution is 8.22. The van der Waals surface area contributed by atoms with E-state index in [9.17, 15) is 13.2 Å². The van der Waals surface area contributed by atoms with Gasteiger partial charge in [0.2, 0.25) is 0 Å². The highest BCUT2D eigenvalue weighted by Gasteiger charge is 2.31. The number of fused-ring (bicyclic) bond motifs is 1. The van der Waals surface area contributed by atoms with Crippen molar-refractivity contribution in [2.45, 2.75) is 19.5 Å². The Morgan fingerprint density at radius 2 is 2.24 bits per heavy atom. The Morgan fingerprint density at radius 1 is 1.43 bits per heavy atom. The van der Waals surface area contributed by atoms with Crippen molar-refractivity contribution < 1.29 is 13.2 Å². The summed E-state index contributed by atoms with van der Waals surface area (Å²) >= 11 is 3.51. The smallest absolute Gasteiger partial charge is 0.337 e. The van der Waals surface area contributed by atoms with Gasteiger partial charge in [0.25, 0.3) is 0 Å². The third-order valence-electron chi connectivity index (χ3n) is 3.06. The standard InChI is InChI=1S/C13H12F3N3S2/c1-2-20-12-8(3-4-21-12)10-18-9-5-7(13(14,15)16)6-17-11(9)19-10/h5-6H,2-4H2,1H3,(H,17,18,19). The van der Waals surface area contributed by atoms with Crippen LogP contribution in [0.5, 0.6) is 0 Å². The fourth-order valence-corrected chi connectivity index (χ4v) is 4.54. The fourth-order valence-electron chi connectivity index (χ4n) is 2.11. The molecular formula is C13H12F3N3S2. The molecule has 3 nitrogen and oxygen atoms in total. The van der Waals surface area contributed by atoms with Gasteiger partial charge in [0.05, 0.1) is 11.1 Å². The van der Waals surface area contributed by atoms with E-state index in [1.165, 1.54) is 4.24 Å². The van der Waals surface area contributed by atoms with Gasteiger partial charge in [0.1, 0.15) is 5.82 Å². The van der Waals surface area contributed by atoms with Gasteiger partial charge in [-0.2, -0.15) is 13.2 Å². The number of hydrogen-bond donors (Lipinski definition) is 1. The van der Waals surface area contributed by atoms with Crippen LogP contribution in [-0.4, -0.2) is 26.5 Å². The molecule has 0 unspecified atom stereocenters. The van der Waals surface area contributed by atoms with E-state index >= 15 is 0 Å². The second-order valence-corrected chi connectivity index (χ2v) is 7.11. The number of thioether (sulfide) groups is 2. The maximum absolute atomic E-state index is 12.7. The van der Waals surface area contributed by atoms with E-state index in [-0.39, 0.29) is 0 Å². The lowest BCUT2D eigenvalue weighted by atomic mass is 10.2. The molecule has 0 atom stereocenters. The van der Waals surface area contributed by atoms with Crippen LogP contribution in [0.3, 0.4) is 0 Å². The molecule has 2 aromatic rings. The maximum Gasteiger partial charge on any atom is 0.417 e. The third-order valence-corrected chi connectivity index (χ3v) is 5.48. The van der Waals surface area contributed by atoms with Crippen LogP contribution < -0.4 is 0 Å². The van der Waals surface area contributed by atoms with Crippen LogP contribution in [-0.2, 0) is 6.18 Å². The van der Waals surface area contributed by atoms with Gasteiger partial charge in [0, 0.05) is 21.8 Å². The number of H-pyrrole nitrogens is 1. The molecule has 112 valence electrons. The number of imidazole rings is 1. The zero-order valence-corrected chi connectivity index (χ0v) is 12.8. The lowest BCUT2D eigenvalue weighted by molar-refractivity contribution is -0.137. The zero-order chi connectivity index (χ0) is 15.0. The molecule has 0 aliphatic carbocycles. The lowest BCUT2D eigenvalue weighted by Gasteiger charge is -2.04. The summed E-state index contributed by atoms with van der Waals surface area (Å²) in [5.74, 6) is 2.58. The molecule has 8 heteroatoms. The number of nitrogens with zero attached hydrogens (tertiary/aromatic N) is 2. The molecule has 1 aliphatic rings. The number of aromatic amines is 1. The van der Waals surface area contributed by atoms with Gasteiger partial charge in [-0.05, 0) is 18.2 Å². The highest BCUT2D eigenvalue weighted by Crippen LogP contribution is 2.43. The van der Waals surface area contributed by atoms with Crippen LogP contribution in [0.2, 0.25) is 0 Å². The molecule has 1 aliphatic heterocycles. The molecule has 2 aromatic heterocycles. The number of allylic oxidation sites excluding steroid dienone is 1. The van der Waals surface area contributed by atoms with Crippen molar-refractivity contribution in [3.8, 4) is 0 Å². The molecule has 0 radical (unpaired) electrons. The summed E-state index contributed by atoms with van der Waals surface area (Å²) in [6.07, 6.45) is -2.69. The van der Waals surface area contributed by atoms with E-state index in [0.717, 1.165) is 35.8 Å². The van der Waals surface area contributed by atoms with Gasteiger partial charge in [-0.25, -0.2) is 9.97 Å². The van der Waals surface area contributed by atoms with Gasteiger partial charge in [-0.15, -0.1) is 23.5 Å². The summed E-state index contributed by atoms with van der Waals surface area (Å²) in [6, 6.07) is 1.06. The molecule has 0 amide bonds. The monoisotopic (exact) mass is 331 g/mol. The van der Waals surface area contributed by atoms with Gasteiger partial charge in [-0.1, -0.05) is 6.92 Å². The summed E-state index contributed by atoms with van der Waals surface area (Å²) in [7, 11) is 0. The Labute approximate surface area is 127 Å². The SMILES string of the molecule is CCSC1=C(c2nc3ncc(C(F)(F)F)cc3[nH]2)CCS1. The summed E-state index contributed by atoms with van der Waals surface area (Å²) < 4.78 is 39.3. The van der Waals surface area contributed by atoms with Crippen LogP contribution >= 0.6 is 23.5 Å². The zero-order valence-electron chi connectivity index (χ0n) is 11.1. The molecule has 3 rings (SSSR count). The van der Waals surface area contributed by atoms with Crippen molar-refractivity contribution in [2.24, 2.45) is 0 Å². The van der Waals surface area contributed by atoms with Crippen molar-refractivity contribution in [3.05, 3.63) is 27.9 Å². The van der Waals surface area contributed by atoms with E-state index in [4.69, 9.17) is 0 Å². The summed E-state index contributed by atoms with van der Waals surface area (Å²) in [5.41, 5.74) is 0.967. The first-order valence-corrected chi connectivity index (χ1v) is 8.38. The molecule has 0 spiro atoms. The minimum atomic E-state index is -4.39. The largest absolute Gasteiger partial charge is 0.417 e. The van der Waals surface area contributed by atoms with Crippen LogP contribution in [0.25, 0.3) is 16.7 Å². The van der Waals surface area contributed by atoms with Gasteiger partial charge in [-0.3, -0.25) is 0 Å². The van der Waals surface area contributed by atoms with Gasteiger partial charge < -0.3 is 4.98 Å². The van der Waals surface area contributed by atoms with E-state index in [1.807, 2.05) is 0 Å². The molecule has 0 saturated heterocycles. The first-order chi connectivity index (χ1) is 9.99. The molecule has 0 saturated carbocycles. The van der Waals surface area contributed by atoms with Crippen molar-refractivity contribution in [2.75, 3.05) is 11.5 Å². The third kappa shape index (κ3) is 2.91. The van der Waals surface area contributed by atoms with E-state index in [0.29, 0.717) is 17.0 Å². The molecular weight excluding hydrogens is 319 g/mol. The second-order valence-electron chi connectivity index (χ2n) is 4.48. The number of aromatic nitrogens is 3. The predicted molar refractivity (Wildman–Crippen MR) is 81.0 cm³/mol. The second kappa shape index (κ2) is 5.57. The van der Waals surface area contributed by atoms with Crippen molar-refractivity contribution in [1.29, 1.82) is 0 Å². The average molecular weight is 331 g/mol. The topological polar surface area (TPSA) is 41.6 Å². The molecule has 3 heterocycles. The maximum atomic E-state index is 12.7. The van der Waals surface area contributed by atoms with Gasteiger partial charge >= 0.3 is 6.18 Å². The summed E-state index contributed by atoms with van der Waals surface area (Å²) in [4.78, 5) is 11.1. The van der Waals surface area contributed by atoms with Crippen molar-refractivity contribution in [3.63, 3.8) is 0 Å². The van der Waals surface area contributed by atoms with Crippen LogP contribution in [0.4, 0.5) is 13.2 Å². The predicted octanol–water partition coefficient (Wildman–Crippen LogP) is 4.54. The number of halogens is 3. The Bertz CT molecular complexity index is 706. The number of nitrogens with one attached hydrogen (secondary N) is 1. The first kappa shape index (κ1) is 14.8. The molecule has 1 N–H and O–H groups in total. The van der Waals surface area contributed by atoms with Crippen LogP contribution in [0, 0.1) is 0 Å². The number of pyridine rings is 1. The Balaban J connectivity index is 2.03. The Morgan fingerprint density at radius 3 is 2.95 bits per heavy atom. The van der Waals surface area contributed by atoms with Crippen LogP contribution in [0.1, 0.15) is 24.7 Å². The molecule has 0 bridgehead atoms. The Hall–Kier alpha value is -1.15. The first-order valence-electron chi connectivity index (χ1n) is 6.41. The van der Waals surface area contributed by atoms with E-state index in [2.05, 4.69) is 21.9 Å². The summed E-state index contributed by atoms with van der Waals surface area (Å²) in [5, 5.41) is 0. The average Bonchev–Trinajstić information content (AvgIpc) is 3.02. The van der Waals surface area contributed by atoms with Crippen LogP contribution in [0.15, 0.2) is 16.5 Å². The number of hydrogen-bond acceptors (Lipinski definition) is 4. The van der Waals surface area contributed by atoms with E-state index in [1.54, 1.807) is 23.5 Å². The fraction of sp³-hybridized carbons (Fsp3) is 0.385. The van der Waals surface area contributed by atoms with E-state index < -0.39 is 11.7 Å². The highest BCUT2D eigenvalue weighted by atomic mass is 32.2. The number of alkyl halides is 3. The minimum absolute atomic E-state index is 0.322. The lowest BCUT2D eigenvalue weighted by Crippen LogP contribution is -2.05. The number of rotatable bonds is 3. The Kier molecular flexibility index (Phi) is 3.92. The molecule has 0 aromatic carbocycles. The van der Waals surface area contributed by atoms with Crippen molar-refractivity contribution >= 4 is 40.3 Å². The normalized spacial score (nSPS) is 16.2.